The number of nitrogens with one attached hydrogen (secondary N) is 2. The number of amides is 1. The zero-order valence-electron chi connectivity index (χ0n) is 13.7. The Labute approximate surface area is 139 Å². The van der Waals surface area contributed by atoms with E-state index < -0.39 is 12.8 Å². The van der Waals surface area contributed by atoms with E-state index in [1.807, 2.05) is 6.92 Å². The van der Waals surface area contributed by atoms with Crippen LogP contribution in [0.5, 0.6) is 5.75 Å². The van der Waals surface area contributed by atoms with Crippen LogP contribution in [0.2, 0.25) is 0 Å². The lowest BCUT2D eigenvalue weighted by molar-refractivity contribution is -0.153. The number of piperidine rings is 1. The van der Waals surface area contributed by atoms with Crippen molar-refractivity contribution < 1.29 is 22.7 Å². The van der Waals surface area contributed by atoms with Crippen molar-refractivity contribution in [2.75, 3.05) is 25.0 Å². The number of rotatable bonds is 6. The smallest absolute Gasteiger partial charge is 0.422 e. The first-order valence-electron chi connectivity index (χ1n) is 8.14. The van der Waals surface area contributed by atoms with Gasteiger partial charge in [0.05, 0.1) is 5.69 Å². The van der Waals surface area contributed by atoms with E-state index in [1.165, 1.54) is 12.1 Å². The number of hydrogen-bond donors (Lipinski definition) is 2. The molecule has 2 rings (SSSR count). The summed E-state index contributed by atoms with van der Waals surface area (Å²) >= 11 is 0. The van der Waals surface area contributed by atoms with Crippen molar-refractivity contribution in [2.24, 2.45) is 11.8 Å². The van der Waals surface area contributed by atoms with E-state index in [2.05, 4.69) is 10.6 Å². The van der Waals surface area contributed by atoms with Crippen molar-refractivity contribution in [1.82, 2.24) is 5.32 Å². The molecular weight excluding hydrogens is 321 g/mol. The third-order valence-electron chi connectivity index (χ3n) is 4.20. The summed E-state index contributed by atoms with van der Waals surface area (Å²) in [5.74, 6) is 0.466. The highest BCUT2D eigenvalue weighted by Gasteiger charge is 2.29. The molecule has 24 heavy (non-hydrogen) atoms. The SMILES string of the molecule is CC(CC(=O)Nc1ccccc1OCC(F)(F)F)C1CCCNC1. The fourth-order valence-electron chi connectivity index (χ4n) is 2.88. The second-order valence-electron chi connectivity index (χ2n) is 6.24. The summed E-state index contributed by atoms with van der Waals surface area (Å²) in [5, 5.41) is 5.99. The molecule has 1 aromatic carbocycles. The minimum atomic E-state index is -4.42. The largest absolute Gasteiger partial charge is 0.482 e. The number of alkyl halides is 3. The first-order chi connectivity index (χ1) is 11.3. The fourth-order valence-corrected chi connectivity index (χ4v) is 2.88. The van der Waals surface area contributed by atoms with Crippen LogP contribution in [-0.4, -0.2) is 31.8 Å². The minimum Gasteiger partial charge on any atom is -0.482 e. The van der Waals surface area contributed by atoms with Crippen molar-refractivity contribution in [3.8, 4) is 5.75 Å². The molecule has 0 saturated carbocycles. The summed E-state index contributed by atoms with van der Waals surface area (Å²) in [6.45, 7) is 2.56. The lowest BCUT2D eigenvalue weighted by Crippen LogP contribution is -2.34. The maximum absolute atomic E-state index is 12.3. The predicted molar refractivity (Wildman–Crippen MR) is 86.0 cm³/mol. The van der Waals surface area contributed by atoms with Gasteiger partial charge in [-0.15, -0.1) is 0 Å². The molecule has 2 unspecified atom stereocenters. The summed E-state index contributed by atoms with van der Waals surface area (Å²) in [6, 6.07) is 6.16. The number of anilines is 1. The van der Waals surface area contributed by atoms with E-state index in [4.69, 9.17) is 4.74 Å². The number of benzene rings is 1. The predicted octanol–water partition coefficient (Wildman–Crippen LogP) is 3.59. The van der Waals surface area contributed by atoms with E-state index in [0.29, 0.717) is 12.3 Å². The molecule has 1 heterocycles. The quantitative estimate of drug-likeness (QED) is 0.829. The zero-order chi connectivity index (χ0) is 17.6. The van der Waals surface area contributed by atoms with Gasteiger partial charge in [-0.25, -0.2) is 0 Å². The van der Waals surface area contributed by atoms with Crippen LogP contribution in [-0.2, 0) is 4.79 Å². The molecule has 2 atom stereocenters. The third-order valence-corrected chi connectivity index (χ3v) is 4.20. The van der Waals surface area contributed by atoms with Crippen LogP contribution in [0.15, 0.2) is 24.3 Å². The average molecular weight is 344 g/mol. The molecule has 0 aliphatic carbocycles. The molecule has 1 amide bonds. The summed E-state index contributed by atoms with van der Waals surface area (Å²) < 4.78 is 41.7. The molecule has 0 radical (unpaired) electrons. The molecule has 1 aromatic rings. The van der Waals surface area contributed by atoms with E-state index in [0.717, 1.165) is 25.9 Å². The minimum absolute atomic E-state index is 0.0233. The monoisotopic (exact) mass is 344 g/mol. The Morgan fingerprint density at radius 3 is 2.83 bits per heavy atom. The number of carbonyl (C=O) groups is 1. The van der Waals surface area contributed by atoms with E-state index in [-0.39, 0.29) is 23.3 Å². The average Bonchev–Trinajstić information content (AvgIpc) is 2.54. The van der Waals surface area contributed by atoms with Crippen molar-refractivity contribution in [1.29, 1.82) is 0 Å². The van der Waals surface area contributed by atoms with Gasteiger partial charge in [0, 0.05) is 6.42 Å². The fraction of sp³-hybridized carbons (Fsp3) is 0.588. The molecule has 1 aliphatic rings. The van der Waals surface area contributed by atoms with Crippen molar-refractivity contribution in [2.45, 2.75) is 32.4 Å². The van der Waals surface area contributed by atoms with Gasteiger partial charge in [0.25, 0.3) is 0 Å². The normalized spacial score (nSPS) is 19.6. The Balaban J connectivity index is 1.91. The van der Waals surface area contributed by atoms with Crippen LogP contribution >= 0.6 is 0 Å². The van der Waals surface area contributed by atoms with Gasteiger partial charge in [-0.3, -0.25) is 4.79 Å². The van der Waals surface area contributed by atoms with E-state index >= 15 is 0 Å². The number of para-hydroxylation sites is 2. The van der Waals surface area contributed by atoms with E-state index in [9.17, 15) is 18.0 Å². The molecule has 134 valence electrons. The molecule has 0 spiro atoms. The van der Waals surface area contributed by atoms with Gasteiger partial charge in [0.15, 0.2) is 6.61 Å². The number of carbonyl (C=O) groups excluding carboxylic acids is 1. The summed E-state index contributed by atoms with van der Waals surface area (Å²) in [7, 11) is 0. The molecule has 7 heteroatoms. The molecule has 1 aliphatic heterocycles. The van der Waals surface area contributed by atoms with Gasteiger partial charge in [-0.05, 0) is 49.9 Å². The first kappa shape index (κ1) is 18.6. The van der Waals surface area contributed by atoms with Crippen molar-refractivity contribution >= 4 is 11.6 Å². The lowest BCUT2D eigenvalue weighted by Gasteiger charge is -2.28. The van der Waals surface area contributed by atoms with Crippen molar-refractivity contribution in [3.05, 3.63) is 24.3 Å². The van der Waals surface area contributed by atoms with Gasteiger partial charge in [-0.1, -0.05) is 19.1 Å². The number of halogens is 3. The maximum atomic E-state index is 12.3. The van der Waals surface area contributed by atoms with Crippen LogP contribution in [0.4, 0.5) is 18.9 Å². The second kappa shape index (κ2) is 8.37. The first-order valence-corrected chi connectivity index (χ1v) is 8.14. The maximum Gasteiger partial charge on any atom is 0.422 e. The Hall–Kier alpha value is -1.76. The van der Waals surface area contributed by atoms with Crippen LogP contribution in [0, 0.1) is 11.8 Å². The third kappa shape index (κ3) is 6.03. The van der Waals surface area contributed by atoms with Crippen molar-refractivity contribution in [3.63, 3.8) is 0 Å². The lowest BCUT2D eigenvalue weighted by atomic mass is 9.85. The molecule has 0 bridgehead atoms. The Bertz CT molecular complexity index is 543. The standard InChI is InChI=1S/C17H23F3N2O2/c1-12(13-5-4-8-21-10-13)9-16(23)22-14-6-2-3-7-15(14)24-11-17(18,19)20/h2-3,6-7,12-13,21H,4-5,8-11H2,1H3,(H,22,23). The number of ether oxygens (including phenoxy) is 1. The molecule has 4 nitrogen and oxygen atoms in total. The molecular formula is C17H23F3N2O2. The highest BCUT2D eigenvalue weighted by molar-refractivity contribution is 5.92. The van der Waals surface area contributed by atoms with Crippen LogP contribution in [0.3, 0.4) is 0 Å². The Kier molecular flexibility index (Phi) is 6.48. The second-order valence-corrected chi connectivity index (χ2v) is 6.24. The van der Waals surface area contributed by atoms with Gasteiger partial charge in [0.2, 0.25) is 5.91 Å². The highest BCUT2D eigenvalue weighted by Crippen LogP contribution is 2.28. The Morgan fingerprint density at radius 1 is 1.42 bits per heavy atom. The topological polar surface area (TPSA) is 50.4 Å². The Morgan fingerprint density at radius 2 is 2.17 bits per heavy atom. The van der Waals surface area contributed by atoms with Gasteiger partial charge in [-0.2, -0.15) is 13.2 Å². The molecule has 1 fully saturated rings. The highest BCUT2D eigenvalue weighted by atomic mass is 19.4. The summed E-state index contributed by atoms with van der Waals surface area (Å²) in [4.78, 5) is 12.2. The van der Waals surface area contributed by atoms with Crippen LogP contribution in [0.25, 0.3) is 0 Å². The van der Waals surface area contributed by atoms with Crippen LogP contribution in [0.1, 0.15) is 26.2 Å². The van der Waals surface area contributed by atoms with Gasteiger partial charge < -0.3 is 15.4 Å². The van der Waals surface area contributed by atoms with Gasteiger partial charge in [0.1, 0.15) is 5.75 Å². The summed E-state index contributed by atoms with van der Waals surface area (Å²) in [6.07, 6.45) is -1.89. The summed E-state index contributed by atoms with van der Waals surface area (Å²) in [5.41, 5.74) is 0.265. The van der Waals surface area contributed by atoms with Crippen LogP contribution < -0.4 is 15.4 Å². The molecule has 1 saturated heterocycles. The molecule has 2 N–H and O–H groups in total. The van der Waals surface area contributed by atoms with Gasteiger partial charge >= 0.3 is 6.18 Å². The molecule has 0 aromatic heterocycles. The zero-order valence-corrected chi connectivity index (χ0v) is 13.7. The van der Waals surface area contributed by atoms with E-state index in [1.54, 1.807) is 12.1 Å². The number of hydrogen-bond acceptors (Lipinski definition) is 3.